The van der Waals surface area contributed by atoms with Gasteiger partial charge >= 0.3 is 0 Å². The molecule has 1 aliphatic rings. The van der Waals surface area contributed by atoms with Crippen LogP contribution in [0.15, 0.2) is 47.5 Å². The van der Waals surface area contributed by atoms with Crippen LogP contribution < -0.4 is 10.6 Å². The van der Waals surface area contributed by atoms with Crippen molar-refractivity contribution in [3.8, 4) is 11.5 Å². The standard InChI is InChI=1S/C25H35N3O2/c1-25(2,3)19-11-14-23(30)22(17-19)28-24(27-20-7-5-4-6-8-20)26-16-15-18-9-12-21(29)13-10-18/h9-14,17,20,29-30H,4-8,15-16H2,1-3H3,(H2,26,27,28). The molecule has 0 unspecified atom stereocenters. The number of rotatable bonds is 5. The molecule has 1 saturated carbocycles. The van der Waals surface area contributed by atoms with Crippen molar-refractivity contribution in [3.63, 3.8) is 0 Å². The Hall–Kier alpha value is -2.69. The maximum absolute atomic E-state index is 10.4. The van der Waals surface area contributed by atoms with Crippen molar-refractivity contribution < 1.29 is 10.2 Å². The first-order chi connectivity index (χ1) is 14.3. The van der Waals surface area contributed by atoms with E-state index >= 15 is 0 Å². The van der Waals surface area contributed by atoms with Crippen LogP contribution in [0.3, 0.4) is 0 Å². The summed E-state index contributed by atoms with van der Waals surface area (Å²) in [6.45, 7) is 7.11. The zero-order valence-corrected chi connectivity index (χ0v) is 18.4. The molecule has 5 heteroatoms. The summed E-state index contributed by atoms with van der Waals surface area (Å²) in [7, 11) is 0. The average Bonchev–Trinajstić information content (AvgIpc) is 2.71. The zero-order valence-electron chi connectivity index (χ0n) is 18.4. The maximum Gasteiger partial charge on any atom is 0.196 e. The quantitative estimate of drug-likeness (QED) is 0.306. The number of anilines is 1. The van der Waals surface area contributed by atoms with Gasteiger partial charge in [-0.25, -0.2) is 0 Å². The van der Waals surface area contributed by atoms with Crippen molar-refractivity contribution in [2.45, 2.75) is 70.8 Å². The summed E-state index contributed by atoms with van der Waals surface area (Å²) in [5.74, 6) is 1.21. The third-order valence-corrected chi connectivity index (χ3v) is 5.67. The molecule has 30 heavy (non-hydrogen) atoms. The fourth-order valence-electron chi connectivity index (χ4n) is 3.75. The van der Waals surface area contributed by atoms with Gasteiger partial charge in [-0.15, -0.1) is 0 Å². The Bertz CT molecular complexity index is 848. The van der Waals surface area contributed by atoms with Gasteiger partial charge in [0.1, 0.15) is 11.5 Å². The van der Waals surface area contributed by atoms with Crippen molar-refractivity contribution >= 4 is 11.6 Å². The molecular formula is C25H35N3O2. The molecule has 3 rings (SSSR count). The molecule has 0 spiro atoms. The van der Waals surface area contributed by atoms with E-state index < -0.39 is 0 Å². The van der Waals surface area contributed by atoms with Crippen LogP contribution in [0, 0.1) is 0 Å². The Morgan fingerprint density at radius 1 is 1.00 bits per heavy atom. The van der Waals surface area contributed by atoms with Crippen LogP contribution in [-0.4, -0.2) is 28.8 Å². The second-order valence-electron chi connectivity index (χ2n) is 9.23. The smallest absolute Gasteiger partial charge is 0.196 e. The number of benzene rings is 2. The minimum Gasteiger partial charge on any atom is -0.508 e. The third kappa shape index (κ3) is 6.41. The number of hydrogen-bond acceptors (Lipinski definition) is 3. The van der Waals surface area contributed by atoms with Crippen molar-refractivity contribution in [1.82, 2.24) is 5.32 Å². The monoisotopic (exact) mass is 409 g/mol. The lowest BCUT2D eigenvalue weighted by atomic mass is 9.87. The minimum atomic E-state index is -0.00287. The van der Waals surface area contributed by atoms with Gasteiger partial charge < -0.3 is 20.8 Å². The Labute approximate surface area is 180 Å². The highest BCUT2D eigenvalue weighted by Gasteiger charge is 2.18. The van der Waals surface area contributed by atoms with Crippen LogP contribution in [0.1, 0.15) is 64.0 Å². The second-order valence-corrected chi connectivity index (χ2v) is 9.23. The lowest BCUT2D eigenvalue weighted by Crippen LogP contribution is -2.40. The van der Waals surface area contributed by atoms with E-state index in [4.69, 9.17) is 4.99 Å². The summed E-state index contributed by atoms with van der Waals surface area (Å²) in [4.78, 5) is 4.78. The van der Waals surface area contributed by atoms with Crippen molar-refractivity contribution in [2.75, 3.05) is 11.9 Å². The van der Waals surface area contributed by atoms with E-state index in [1.54, 1.807) is 18.2 Å². The Morgan fingerprint density at radius 3 is 2.37 bits per heavy atom. The fraction of sp³-hybridized carbons (Fsp3) is 0.480. The van der Waals surface area contributed by atoms with E-state index in [0.29, 0.717) is 24.2 Å². The van der Waals surface area contributed by atoms with Gasteiger partial charge in [0.05, 0.1) is 5.69 Å². The number of nitrogens with one attached hydrogen (secondary N) is 2. The van der Waals surface area contributed by atoms with Crippen LogP contribution in [0.2, 0.25) is 0 Å². The predicted molar refractivity (Wildman–Crippen MR) is 125 cm³/mol. The van der Waals surface area contributed by atoms with Crippen molar-refractivity contribution in [2.24, 2.45) is 4.99 Å². The van der Waals surface area contributed by atoms with Gasteiger partial charge in [0.2, 0.25) is 0 Å². The van der Waals surface area contributed by atoms with E-state index in [-0.39, 0.29) is 16.9 Å². The van der Waals surface area contributed by atoms with Crippen molar-refractivity contribution in [1.29, 1.82) is 0 Å². The first kappa shape index (κ1) is 22.0. The molecule has 1 aliphatic carbocycles. The molecule has 4 N–H and O–H groups in total. The number of guanidine groups is 1. The second kappa shape index (κ2) is 9.88. The summed E-state index contributed by atoms with van der Waals surface area (Å²) < 4.78 is 0. The highest BCUT2D eigenvalue weighted by Crippen LogP contribution is 2.30. The predicted octanol–water partition coefficient (Wildman–Crippen LogP) is 5.33. The van der Waals surface area contributed by atoms with Gasteiger partial charge in [0, 0.05) is 12.6 Å². The third-order valence-electron chi connectivity index (χ3n) is 5.67. The maximum atomic E-state index is 10.4. The molecule has 5 nitrogen and oxygen atoms in total. The SMILES string of the molecule is CC(C)(C)c1ccc(O)c(NC(=NCCc2ccc(O)cc2)NC2CCCCC2)c1. The van der Waals surface area contributed by atoms with E-state index in [1.807, 2.05) is 24.3 Å². The van der Waals surface area contributed by atoms with Crippen LogP contribution in [0.4, 0.5) is 5.69 Å². The topological polar surface area (TPSA) is 76.9 Å². The first-order valence-electron chi connectivity index (χ1n) is 11.0. The summed E-state index contributed by atoms with van der Waals surface area (Å²) in [5.41, 5.74) is 2.96. The van der Waals surface area contributed by atoms with Crippen molar-refractivity contribution in [3.05, 3.63) is 53.6 Å². The highest BCUT2D eigenvalue weighted by atomic mass is 16.3. The summed E-state index contributed by atoms with van der Waals surface area (Å²) in [6.07, 6.45) is 6.85. The molecule has 0 aliphatic heterocycles. The van der Waals surface area contributed by atoms with Crippen LogP contribution >= 0.6 is 0 Å². The number of phenolic OH excluding ortho intramolecular Hbond substituents is 2. The lowest BCUT2D eigenvalue weighted by Gasteiger charge is -2.26. The highest BCUT2D eigenvalue weighted by molar-refractivity contribution is 5.95. The zero-order chi connectivity index (χ0) is 21.6. The molecule has 0 saturated heterocycles. The molecule has 0 radical (unpaired) electrons. The Morgan fingerprint density at radius 2 is 1.70 bits per heavy atom. The van der Waals surface area contributed by atoms with E-state index in [2.05, 4.69) is 31.4 Å². The van der Waals surface area contributed by atoms with Crippen LogP contribution in [0.25, 0.3) is 0 Å². The number of hydrogen-bond donors (Lipinski definition) is 4. The molecule has 2 aromatic carbocycles. The number of nitrogens with zero attached hydrogens (tertiary/aromatic N) is 1. The summed E-state index contributed by atoms with van der Waals surface area (Å²) in [6, 6.07) is 13.4. The first-order valence-corrected chi connectivity index (χ1v) is 11.0. The molecule has 2 aromatic rings. The molecule has 0 atom stereocenters. The van der Waals surface area contributed by atoms with Gasteiger partial charge in [-0.3, -0.25) is 4.99 Å². The summed E-state index contributed by atoms with van der Waals surface area (Å²) in [5, 5.41) is 26.8. The summed E-state index contributed by atoms with van der Waals surface area (Å²) >= 11 is 0. The normalized spacial score (nSPS) is 15.8. The van der Waals surface area contributed by atoms with Gasteiger partial charge in [-0.1, -0.05) is 58.2 Å². The molecule has 162 valence electrons. The Balaban J connectivity index is 1.75. The van der Waals surface area contributed by atoms with Gasteiger partial charge in [-0.05, 0) is 60.1 Å². The number of aliphatic imine (C=N–C) groups is 1. The van der Waals surface area contributed by atoms with E-state index in [0.717, 1.165) is 30.4 Å². The molecule has 0 bridgehead atoms. The molecule has 0 heterocycles. The van der Waals surface area contributed by atoms with Gasteiger partial charge in [-0.2, -0.15) is 0 Å². The molecular weight excluding hydrogens is 374 g/mol. The number of aromatic hydroxyl groups is 2. The average molecular weight is 410 g/mol. The van der Waals surface area contributed by atoms with Gasteiger partial charge in [0.15, 0.2) is 5.96 Å². The fourth-order valence-corrected chi connectivity index (χ4v) is 3.75. The minimum absolute atomic E-state index is 0.00287. The van der Waals surface area contributed by atoms with E-state index in [1.165, 1.54) is 19.3 Å². The molecule has 0 aromatic heterocycles. The van der Waals surface area contributed by atoms with Crippen LogP contribution in [-0.2, 0) is 11.8 Å². The number of phenols is 2. The lowest BCUT2D eigenvalue weighted by molar-refractivity contribution is 0.413. The largest absolute Gasteiger partial charge is 0.508 e. The van der Waals surface area contributed by atoms with Gasteiger partial charge in [0.25, 0.3) is 0 Å². The van der Waals surface area contributed by atoms with Crippen LogP contribution in [0.5, 0.6) is 11.5 Å². The molecule has 0 amide bonds. The molecule has 1 fully saturated rings. The Kier molecular flexibility index (Phi) is 7.24. The van der Waals surface area contributed by atoms with E-state index in [9.17, 15) is 10.2 Å².